The third kappa shape index (κ3) is 3.39. The number of aromatic nitrogens is 2. The maximum atomic E-state index is 12.1. The number of carbonyl (C=O) groups is 1. The first-order chi connectivity index (χ1) is 9.51. The Hall–Kier alpha value is -1.37. The van der Waals surface area contributed by atoms with E-state index in [1.165, 1.54) is 13.2 Å². The van der Waals surface area contributed by atoms with Gasteiger partial charge in [0.25, 0.3) is 5.91 Å². The molecule has 5 nitrogen and oxygen atoms in total. The summed E-state index contributed by atoms with van der Waals surface area (Å²) in [5, 5.41) is 2.98. The quantitative estimate of drug-likeness (QED) is 0.827. The standard InChI is InChI=1S/C12H8BrCl2N3O2/c1-20-9-5-8(14)16-12(17-9)18-11(19)6-3-2-4-7(13)10(6)15/h2-5H,1H3,(H,16,17,18,19). The summed E-state index contributed by atoms with van der Waals surface area (Å²) in [5.74, 6) is -0.156. The number of amides is 1. The maximum Gasteiger partial charge on any atom is 0.259 e. The summed E-state index contributed by atoms with van der Waals surface area (Å²) in [5.41, 5.74) is 0.295. The van der Waals surface area contributed by atoms with Gasteiger partial charge in [-0.15, -0.1) is 0 Å². The normalized spacial score (nSPS) is 10.2. The number of hydrogen-bond donors (Lipinski definition) is 1. The second-order valence-electron chi connectivity index (χ2n) is 3.61. The number of carbonyl (C=O) groups excluding carboxylic acids is 1. The highest BCUT2D eigenvalue weighted by atomic mass is 79.9. The summed E-state index contributed by atoms with van der Waals surface area (Å²) in [6, 6.07) is 6.45. The second-order valence-corrected chi connectivity index (χ2v) is 5.23. The van der Waals surface area contributed by atoms with Crippen LogP contribution in [-0.2, 0) is 0 Å². The molecule has 0 aliphatic rings. The van der Waals surface area contributed by atoms with Crippen LogP contribution in [0, 0.1) is 0 Å². The number of nitrogens with zero attached hydrogens (tertiary/aromatic N) is 2. The average Bonchev–Trinajstić information content (AvgIpc) is 2.41. The van der Waals surface area contributed by atoms with Crippen LogP contribution in [0.5, 0.6) is 5.88 Å². The monoisotopic (exact) mass is 375 g/mol. The van der Waals surface area contributed by atoms with E-state index in [0.29, 0.717) is 15.1 Å². The predicted molar refractivity (Wildman–Crippen MR) is 80.7 cm³/mol. The van der Waals surface area contributed by atoms with Gasteiger partial charge in [-0.05, 0) is 28.1 Å². The Labute approximate surface area is 133 Å². The molecule has 0 saturated heterocycles. The van der Waals surface area contributed by atoms with Crippen molar-refractivity contribution in [3.63, 3.8) is 0 Å². The topological polar surface area (TPSA) is 64.1 Å². The molecule has 2 rings (SSSR count). The second kappa shape index (κ2) is 6.39. The van der Waals surface area contributed by atoms with Crippen LogP contribution in [0.15, 0.2) is 28.7 Å². The Morgan fingerprint density at radius 1 is 1.35 bits per heavy atom. The molecule has 2 aromatic rings. The van der Waals surface area contributed by atoms with Gasteiger partial charge in [0.05, 0.1) is 17.7 Å². The van der Waals surface area contributed by atoms with Gasteiger partial charge >= 0.3 is 0 Å². The number of hydrogen-bond acceptors (Lipinski definition) is 4. The van der Waals surface area contributed by atoms with E-state index in [-0.39, 0.29) is 17.0 Å². The van der Waals surface area contributed by atoms with Gasteiger partial charge in [-0.1, -0.05) is 29.3 Å². The van der Waals surface area contributed by atoms with Crippen LogP contribution < -0.4 is 10.1 Å². The molecule has 1 N–H and O–H groups in total. The molecule has 0 saturated carbocycles. The summed E-state index contributed by atoms with van der Waals surface area (Å²) in [6.07, 6.45) is 0. The van der Waals surface area contributed by atoms with Crippen LogP contribution in [0.1, 0.15) is 10.4 Å². The zero-order valence-electron chi connectivity index (χ0n) is 10.2. The van der Waals surface area contributed by atoms with Gasteiger partial charge in [-0.3, -0.25) is 10.1 Å². The van der Waals surface area contributed by atoms with E-state index in [4.69, 9.17) is 27.9 Å². The third-order valence-corrected chi connectivity index (χ3v) is 3.79. The van der Waals surface area contributed by atoms with E-state index in [0.717, 1.165) is 0 Å². The van der Waals surface area contributed by atoms with Crippen LogP contribution in [0.25, 0.3) is 0 Å². The minimum Gasteiger partial charge on any atom is -0.481 e. The van der Waals surface area contributed by atoms with Gasteiger partial charge in [0.15, 0.2) is 0 Å². The number of halogens is 3. The predicted octanol–water partition coefficient (Wildman–Crippen LogP) is 3.81. The zero-order valence-corrected chi connectivity index (χ0v) is 13.3. The van der Waals surface area contributed by atoms with Gasteiger partial charge in [0.1, 0.15) is 5.15 Å². The largest absolute Gasteiger partial charge is 0.481 e. The number of ether oxygens (including phenoxy) is 1. The Kier molecular flexibility index (Phi) is 4.80. The molecule has 0 aliphatic carbocycles. The Morgan fingerprint density at radius 2 is 2.10 bits per heavy atom. The summed E-state index contributed by atoms with van der Waals surface area (Å²) in [4.78, 5) is 20.0. The Bertz CT molecular complexity index is 667. The van der Waals surface area contributed by atoms with Crippen LogP contribution in [0.4, 0.5) is 5.95 Å². The average molecular weight is 377 g/mol. The molecule has 1 amide bonds. The van der Waals surface area contributed by atoms with Crippen molar-refractivity contribution < 1.29 is 9.53 Å². The molecule has 20 heavy (non-hydrogen) atoms. The zero-order chi connectivity index (χ0) is 14.7. The Balaban J connectivity index is 2.28. The van der Waals surface area contributed by atoms with Gasteiger partial charge in [0.2, 0.25) is 11.8 Å². The van der Waals surface area contributed by atoms with E-state index in [1.807, 2.05) is 0 Å². The Morgan fingerprint density at radius 3 is 2.80 bits per heavy atom. The molecule has 0 unspecified atom stereocenters. The number of benzene rings is 1. The van der Waals surface area contributed by atoms with E-state index in [2.05, 4.69) is 31.2 Å². The van der Waals surface area contributed by atoms with Crippen LogP contribution in [0.2, 0.25) is 10.2 Å². The molecule has 0 fully saturated rings. The lowest BCUT2D eigenvalue weighted by Gasteiger charge is -2.07. The lowest BCUT2D eigenvalue weighted by atomic mass is 10.2. The summed E-state index contributed by atoms with van der Waals surface area (Å²) in [6.45, 7) is 0. The molecule has 104 valence electrons. The molecule has 0 spiro atoms. The van der Waals surface area contributed by atoms with E-state index >= 15 is 0 Å². The van der Waals surface area contributed by atoms with Crippen molar-refractivity contribution >= 4 is 51.0 Å². The summed E-state index contributed by atoms with van der Waals surface area (Å²) >= 11 is 15.1. The number of nitrogens with one attached hydrogen (secondary N) is 1. The van der Waals surface area contributed by atoms with Gasteiger partial charge < -0.3 is 4.74 Å². The van der Waals surface area contributed by atoms with Gasteiger partial charge in [-0.2, -0.15) is 4.98 Å². The minimum atomic E-state index is -0.444. The minimum absolute atomic E-state index is 0.0374. The highest BCUT2D eigenvalue weighted by Crippen LogP contribution is 2.26. The molecular weight excluding hydrogens is 369 g/mol. The summed E-state index contributed by atoms with van der Waals surface area (Å²) < 4.78 is 5.57. The molecular formula is C12H8BrCl2N3O2. The molecule has 1 heterocycles. The van der Waals surface area contributed by atoms with Gasteiger partial charge in [0, 0.05) is 10.5 Å². The number of rotatable bonds is 3. The van der Waals surface area contributed by atoms with Crippen LogP contribution in [-0.4, -0.2) is 23.0 Å². The molecule has 0 atom stereocenters. The first-order valence-electron chi connectivity index (χ1n) is 5.35. The smallest absolute Gasteiger partial charge is 0.259 e. The third-order valence-electron chi connectivity index (χ3n) is 2.30. The van der Waals surface area contributed by atoms with Crippen LogP contribution >= 0.6 is 39.1 Å². The van der Waals surface area contributed by atoms with Crippen molar-refractivity contribution in [3.8, 4) is 5.88 Å². The molecule has 1 aromatic carbocycles. The van der Waals surface area contributed by atoms with Crippen molar-refractivity contribution in [3.05, 3.63) is 44.5 Å². The molecule has 0 aliphatic heterocycles. The highest BCUT2D eigenvalue weighted by molar-refractivity contribution is 9.10. The van der Waals surface area contributed by atoms with E-state index < -0.39 is 5.91 Å². The van der Waals surface area contributed by atoms with Crippen molar-refractivity contribution in [2.45, 2.75) is 0 Å². The SMILES string of the molecule is COc1cc(Cl)nc(NC(=O)c2cccc(Br)c2Cl)n1. The maximum absolute atomic E-state index is 12.1. The first kappa shape index (κ1) is 15.0. The highest BCUT2D eigenvalue weighted by Gasteiger charge is 2.14. The van der Waals surface area contributed by atoms with Gasteiger partial charge in [-0.25, -0.2) is 4.98 Å². The fraction of sp³-hybridized carbons (Fsp3) is 0.0833. The van der Waals surface area contributed by atoms with E-state index in [9.17, 15) is 4.79 Å². The van der Waals surface area contributed by atoms with Crippen molar-refractivity contribution in [1.29, 1.82) is 0 Å². The number of anilines is 1. The molecule has 1 aromatic heterocycles. The van der Waals surface area contributed by atoms with Crippen molar-refractivity contribution in [1.82, 2.24) is 9.97 Å². The van der Waals surface area contributed by atoms with Crippen molar-refractivity contribution in [2.75, 3.05) is 12.4 Å². The first-order valence-corrected chi connectivity index (χ1v) is 6.90. The van der Waals surface area contributed by atoms with Crippen molar-refractivity contribution in [2.24, 2.45) is 0 Å². The molecule has 8 heteroatoms. The van der Waals surface area contributed by atoms with E-state index in [1.54, 1.807) is 18.2 Å². The lowest BCUT2D eigenvalue weighted by Crippen LogP contribution is -2.15. The number of methoxy groups -OCH3 is 1. The molecule has 0 radical (unpaired) electrons. The lowest BCUT2D eigenvalue weighted by molar-refractivity contribution is 0.102. The fourth-order valence-corrected chi connectivity index (χ4v) is 2.16. The summed E-state index contributed by atoms with van der Waals surface area (Å²) in [7, 11) is 1.44. The molecule has 0 bridgehead atoms. The van der Waals surface area contributed by atoms with Crippen LogP contribution in [0.3, 0.4) is 0 Å². The fourth-order valence-electron chi connectivity index (χ4n) is 1.41.